The van der Waals surface area contributed by atoms with Crippen LogP contribution in [0.25, 0.3) is 10.9 Å². The summed E-state index contributed by atoms with van der Waals surface area (Å²) in [5.41, 5.74) is 0.689. The van der Waals surface area contributed by atoms with Gasteiger partial charge < -0.3 is 14.5 Å². The number of carbonyl (C=O) groups excluding carboxylic acids is 1. The fraction of sp³-hybridized carbons (Fsp3) is 0.286. The minimum Gasteiger partial charge on any atom is -0.482 e. The first-order valence-electron chi connectivity index (χ1n) is 9.18. The van der Waals surface area contributed by atoms with Crippen LogP contribution < -0.4 is 16.0 Å². The topological polar surface area (TPSA) is 90.4 Å². The van der Waals surface area contributed by atoms with Crippen LogP contribution in [0.2, 0.25) is 0 Å². The maximum absolute atomic E-state index is 12.4. The molecule has 0 aliphatic carbocycles. The summed E-state index contributed by atoms with van der Waals surface area (Å²) in [7, 11) is 0. The van der Waals surface area contributed by atoms with Gasteiger partial charge in [-0.25, -0.2) is 9.59 Å². The molecule has 0 fully saturated rings. The molecule has 0 saturated carbocycles. The van der Waals surface area contributed by atoms with Crippen LogP contribution in [0.4, 0.5) is 0 Å². The average molecular weight is 382 g/mol. The largest absolute Gasteiger partial charge is 0.482 e. The van der Waals surface area contributed by atoms with Crippen molar-refractivity contribution in [3.05, 3.63) is 74.9 Å². The fourth-order valence-corrected chi connectivity index (χ4v) is 2.93. The quantitative estimate of drug-likeness (QED) is 0.477. The minimum atomic E-state index is -0.495. The molecule has 3 aromatic rings. The third-order valence-corrected chi connectivity index (χ3v) is 4.38. The highest BCUT2D eigenvalue weighted by Gasteiger charge is 2.09. The minimum absolute atomic E-state index is 0.0936. The summed E-state index contributed by atoms with van der Waals surface area (Å²) >= 11 is 0. The number of ether oxygens (including phenoxy) is 2. The van der Waals surface area contributed by atoms with Gasteiger partial charge >= 0.3 is 11.7 Å². The molecule has 1 heterocycles. The summed E-state index contributed by atoms with van der Waals surface area (Å²) in [6, 6.07) is 14.4. The van der Waals surface area contributed by atoms with E-state index in [1.54, 1.807) is 24.3 Å². The highest BCUT2D eigenvalue weighted by molar-refractivity contribution is 5.76. The van der Waals surface area contributed by atoms with E-state index in [-0.39, 0.29) is 25.3 Å². The number of para-hydroxylation sites is 2. The Kier molecular flexibility index (Phi) is 6.26. The maximum atomic E-state index is 12.4. The number of rotatable bonds is 8. The number of aryl methyl sites for hydroxylation is 1. The first kappa shape index (κ1) is 19.4. The summed E-state index contributed by atoms with van der Waals surface area (Å²) in [6.07, 6.45) is 1.15. The number of hydrogen-bond acceptors (Lipinski definition) is 5. The van der Waals surface area contributed by atoms with Gasteiger partial charge in [0.25, 0.3) is 5.56 Å². The lowest BCUT2D eigenvalue weighted by Gasteiger charge is -2.10. The van der Waals surface area contributed by atoms with Gasteiger partial charge in [-0.05, 0) is 36.6 Å². The number of nitrogens with one attached hydrogen (secondary N) is 1. The van der Waals surface area contributed by atoms with Crippen molar-refractivity contribution in [3.63, 3.8) is 0 Å². The molecule has 0 aliphatic heterocycles. The second-order valence-electron chi connectivity index (χ2n) is 6.26. The van der Waals surface area contributed by atoms with Gasteiger partial charge in [0.15, 0.2) is 6.61 Å². The second-order valence-corrected chi connectivity index (χ2v) is 6.26. The third kappa shape index (κ3) is 4.49. The van der Waals surface area contributed by atoms with Crippen molar-refractivity contribution in [1.29, 1.82) is 0 Å². The van der Waals surface area contributed by atoms with Gasteiger partial charge in [0.1, 0.15) is 5.75 Å². The Labute approximate surface area is 161 Å². The molecular weight excluding hydrogens is 360 g/mol. The molecule has 0 unspecified atom stereocenters. The zero-order chi connectivity index (χ0) is 19.9. The van der Waals surface area contributed by atoms with Gasteiger partial charge in [-0.2, -0.15) is 0 Å². The Morgan fingerprint density at radius 3 is 2.64 bits per heavy atom. The Bertz CT molecular complexity index is 1080. The van der Waals surface area contributed by atoms with E-state index in [1.807, 2.05) is 31.2 Å². The lowest BCUT2D eigenvalue weighted by atomic mass is 10.1. The molecule has 7 nitrogen and oxygen atoms in total. The lowest BCUT2D eigenvalue weighted by molar-refractivity contribution is -0.146. The van der Waals surface area contributed by atoms with Crippen molar-refractivity contribution < 1.29 is 14.3 Å². The Morgan fingerprint density at radius 1 is 1.07 bits per heavy atom. The van der Waals surface area contributed by atoms with Crippen molar-refractivity contribution in [2.45, 2.75) is 26.3 Å². The molecule has 1 N–H and O–H groups in total. The van der Waals surface area contributed by atoms with Crippen molar-refractivity contribution in [2.75, 3.05) is 13.2 Å². The molecule has 0 bridgehead atoms. The summed E-state index contributed by atoms with van der Waals surface area (Å²) in [4.78, 5) is 39.0. The Hall–Kier alpha value is -3.35. The van der Waals surface area contributed by atoms with E-state index in [0.717, 1.165) is 16.6 Å². The van der Waals surface area contributed by atoms with Gasteiger partial charge in [0.05, 0.1) is 17.5 Å². The first-order chi connectivity index (χ1) is 13.6. The molecule has 0 saturated heterocycles. The normalized spacial score (nSPS) is 10.8. The van der Waals surface area contributed by atoms with E-state index in [9.17, 15) is 14.4 Å². The van der Waals surface area contributed by atoms with Crippen LogP contribution >= 0.6 is 0 Å². The van der Waals surface area contributed by atoms with Crippen LogP contribution in [0.1, 0.15) is 18.9 Å². The van der Waals surface area contributed by atoms with Gasteiger partial charge in [-0.15, -0.1) is 0 Å². The van der Waals surface area contributed by atoms with Gasteiger partial charge in [0, 0.05) is 6.54 Å². The van der Waals surface area contributed by atoms with Crippen molar-refractivity contribution in [2.24, 2.45) is 0 Å². The zero-order valence-electron chi connectivity index (χ0n) is 15.6. The molecule has 0 spiro atoms. The lowest BCUT2D eigenvalue weighted by Crippen LogP contribution is -2.35. The summed E-state index contributed by atoms with van der Waals surface area (Å²) in [6.45, 7) is 2.08. The molecule has 0 amide bonds. The van der Waals surface area contributed by atoms with Crippen molar-refractivity contribution in [1.82, 2.24) is 9.55 Å². The van der Waals surface area contributed by atoms with Crippen LogP contribution in [-0.2, 0) is 22.5 Å². The van der Waals surface area contributed by atoms with E-state index in [4.69, 9.17) is 9.47 Å². The first-order valence-corrected chi connectivity index (χ1v) is 9.18. The molecule has 0 atom stereocenters. The zero-order valence-corrected chi connectivity index (χ0v) is 15.6. The number of nitrogens with zero attached hydrogens (tertiary/aromatic N) is 1. The number of fused-ring (bicyclic) bond motifs is 1. The molecule has 0 radical (unpaired) electrons. The third-order valence-electron chi connectivity index (χ3n) is 4.38. The van der Waals surface area contributed by atoms with Crippen LogP contribution in [0, 0.1) is 0 Å². The number of hydrogen-bond donors (Lipinski definition) is 1. The number of H-pyrrole nitrogens is 1. The van der Waals surface area contributed by atoms with Crippen molar-refractivity contribution >= 4 is 16.9 Å². The number of carbonyl (C=O) groups is 1. The van der Waals surface area contributed by atoms with Gasteiger partial charge in [-0.1, -0.05) is 37.3 Å². The van der Waals surface area contributed by atoms with Crippen molar-refractivity contribution in [3.8, 4) is 5.75 Å². The Balaban J connectivity index is 1.51. The highest BCUT2D eigenvalue weighted by Crippen LogP contribution is 2.18. The number of benzene rings is 2. The maximum Gasteiger partial charge on any atom is 0.344 e. The number of aromatic nitrogens is 2. The van der Waals surface area contributed by atoms with Crippen LogP contribution in [0.15, 0.2) is 58.1 Å². The smallest absolute Gasteiger partial charge is 0.344 e. The number of aromatic amines is 1. The average Bonchev–Trinajstić information content (AvgIpc) is 2.71. The van der Waals surface area contributed by atoms with E-state index in [2.05, 4.69) is 4.98 Å². The predicted octanol–water partition coefficient (Wildman–Crippen LogP) is 2.26. The van der Waals surface area contributed by atoms with Crippen LogP contribution in [0.3, 0.4) is 0 Å². The van der Waals surface area contributed by atoms with Crippen LogP contribution in [0.5, 0.6) is 5.75 Å². The highest BCUT2D eigenvalue weighted by atomic mass is 16.6. The fourth-order valence-electron chi connectivity index (χ4n) is 2.93. The van der Waals surface area contributed by atoms with Crippen LogP contribution in [-0.4, -0.2) is 28.7 Å². The summed E-state index contributed by atoms with van der Waals surface area (Å²) < 4.78 is 11.8. The molecule has 28 heavy (non-hydrogen) atoms. The van der Waals surface area contributed by atoms with Gasteiger partial charge in [0.2, 0.25) is 0 Å². The van der Waals surface area contributed by atoms with E-state index < -0.39 is 11.7 Å². The monoisotopic (exact) mass is 382 g/mol. The molecule has 2 aromatic carbocycles. The molecule has 7 heteroatoms. The molecule has 3 rings (SSSR count). The number of esters is 1. The van der Waals surface area contributed by atoms with E-state index in [1.165, 1.54) is 0 Å². The SMILES string of the molecule is CCc1ccccc1OCC(=O)OCCCn1c(=O)[nH]c2ccccc2c1=O. The molecule has 146 valence electrons. The van der Waals surface area contributed by atoms with Gasteiger partial charge in [-0.3, -0.25) is 9.36 Å². The summed E-state index contributed by atoms with van der Waals surface area (Å²) in [5, 5.41) is 0.446. The molecule has 0 aliphatic rings. The predicted molar refractivity (Wildman–Crippen MR) is 106 cm³/mol. The van der Waals surface area contributed by atoms with E-state index >= 15 is 0 Å². The van der Waals surface area contributed by atoms with E-state index in [0.29, 0.717) is 23.1 Å². The Morgan fingerprint density at radius 2 is 1.82 bits per heavy atom. The summed E-state index contributed by atoms with van der Waals surface area (Å²) in [5.74, 6) is 0.168. The second kappa shape index (κ2) is 9.03. The standard InChI is InChI=1S/C21H22N2O5/c1-2-15-8-3-6-11-18(15)28-14-19(24)27-13-7-12-23-20(25)16-9-4-5-10-17(16)22-21(23)26/h3-6,8-11H,2,7,12-14H2,1H3,(H,22,26). The molecular formula is C21H22N2O5. The molecule has 1 aromatic heterocycles.